The molecule has 1 aromatic carbocycles. The van der Waals surface area contributed by atoms with Gasteiger partial charge in [-0.1, -0.05) is 15.9 Å². The van der Waals surface area contributed by atoms with Gasteiger partial charge < -0.3 is 5.32 Å². The molecule has 5 nitrogen and oxygen atoms in total. The van der Waals surface area contributed by atoms with Crippen molar-refractivity contribution in [2.75, 3.05) is 16.3 Å². The lowest BCUT2D eigenvalue weighted by atomic mass is 10.2. The van der Waals surface area contributed by atoms with Gasteiger partial charge in [0.25, 0.3) is 0 Å². The summed E-state index contributed by atoms with van der Waals surface area (Å²) in [6.45, 7) is 3.31. The molecule has 2 N–H and O–H groups in total. The van der Waals surface area contributed by atoms with Gasteiger partial charge in [-0.15, -0.1) is 0 Å². The van der Waals surface area contributed by atoms with Crippen molar-refractivity contribution in [3.8, 4) is 0 Å². The fourth-order valence-electron chi connectivity index (χ4n) is 1.16. The molecule has 0 heterocycles. The van der Waals surface area contributed by atoms with Gasteiger partial charge in [-0.05, 0) is 32.0 Å². The Kier molecular flexibility index (Phi) is 4.57. The largest absolute Gasteiger partial charge is 0.325 e. The van der Waals surface area contributed by atoms with Crippen LogP contribution in [-0.2, 0) is 14.8 Å². The van der Waals surface area contributed by atoms with Crippen LogP contribution in [0.15, 0.2) is 18.2 Å². The number of hydrogen-bond donors (Lipinski definition) is 2. The Morgan fingerprint density at radius 2 is 1.95 bits per heavy atom. The summed E-state index contributed by atoms with van der Waals surface area (Å²) >= 11 is 3.19. The highest BCUT2D eigenvalue weighted by atomic mass is 79.9. The number of nitrogens with one attached hydrogen (secondary N) is 2. The van der Waals surface area contributed by atoms with Crippen LogP contribution < -0.4 is 10.0 Å². The summed E-state index contributed by atoms with van der Waals surface area (Å²) in [5.41, 5.74) is 0.0813. The first kappa shape index (κ1) is 15.9. The third-order valence-electron chi connectivity index (χ3n) is 2.06. The fraction of sp³-hybridized carbons (Fsp3) is 0.364. The standard InChI is InChI=1S/C11H14BrFN2O3S/c1-11(2,12)10(16)14-7-4-5-8(13)9(6-7)15-19(3,17)18/h4-6,15H,1-3H3,(H,14,16). The Hall–Kier alpha value is -1.15. The highest BCUT2D eigenvalue weighted by Gasteiger charge is 2.23. The minimum Gasteiger partial charge on any atom is -0.325 e. The van der Waals surface area contributed by atoms with E-state index in [-0.39, 0.29) is 11.6 Å². The Bertz CT molecular complexity index is 596. The zero-order chi connectivity index (χ0) is 14.8. The van der Waals surface area contributed by atoms with E-state index in [1.54, 1.807) is 13.8 Å². The summed E-state index contributed by atoms with van der Waals surface area (Å²) in [7, 11) is -3.59. The Morgan fingerprint density at radius 3 is 2.42 bits per heavy atom. The van der Waals surface area contributed by atoms with Gasteiger partial charge in [0.2, 0.25) is 15.9 Å². The average molecular weight is 353 g/mol. The number of rotatable bonds is 4. The van der Waals surface area contributed by atoms with E-state index in [2.05, 4.69) is 21.2 Å². The molecule has 0 unspecified atom stereocenters. The molecule has 1 rings (SSSR count). The molecule has 0 spiro atoms. The number of benzene rings is 1. The number of carbonyl (C=O) groups is 1. The zero-order valence-corrected chi connectivity index (χ0v) is 13.0. The van der Waals surface area contributed by atoms with Crippen molar-refractivity contribution in [2.24, 2.45) is 0 Å². The molecular weight excluding hydrogens is 339 g/mol. The Labute approximate surface area is 119 Å². The minimum atomic E-state index is -3.59. The van der Waals surface area contributed by atoms with Crippen LogP contribution in [0.25, 0.3) is 0 Å². The lowest BCUT2D eigenvalue weighted by molar-refractivity contribution is -0.117. The summed E-state index contributed by atoms with van der Waals surface area (Å²) in [6.07, 6.45) is 0.916. The topological polar surface area (TPSA) is 75.3 Å². The molecule has 106 valence electrons. The van der Waals surface area contributed by atoms with Crippen molar-refractivity contribution in [2.45, 2.75) is 18.2 Å². The van der Waals surface area contributed by atoms with E-state index in [4.69, 9.17) is 0 Å². The number of anilines is 2. The first-order chi connectivity index (χ1) is 8.49. The molecule has 0 saturated heterocycles. The summed E-state index contributed by atoms with van der Waals surface area (Å²) in [5, 5.41) is 2.55. The molecule has 0 bridgehead atoms. The molecule has 8 heteroatoms. The van der Waals surface area contributed by atoms with E-state index in [0.29, 0.717) is 5.69 Å². The number of amides is 1. The van der Waals surface area contributed by atoms with E-state index in [1.807, 2.05) is 4.72 Å². The summed E-state index contributed by atoms with van der Waals surface area (Å²) in [5.74, 6) is -1.05. The van der Waals surface area contributed by atoms with E-state index < -0.39 is 20.2 Å². The van der Waals surface area contributed by atoms with Crippen molar-refractivity contribution in [3.63, 3.8) is 0 Å². The van der Waals surface area contributed by atoms with Crippen LogP contribution >= 0.6 is 15.9 Å². The Morgan fingerprint density at radius 1 is 1.37 bits per heavy atom. The van der Waals surface area contributed by atoms with Crippen LogP contribution in [0.5, 0.6) is 0 Å². The predicted octanol–water partition coefficient (Wildman–Crippen LogP) is 2.31. The highest BCUT2D eigenvalue weighted by Crippen LogP contribution is 2.23. The van der Waals surface area contributed by atoms with Crippen molar-refractivity contribution in [1.82, 2.24) is 0 Å². The van der Waals surface area contributed by atoms with Crippen molar-refractivity contribution >= 4 is 43.2 Å². The molecule has 0 aliphatic rings. The second-order valence-electron chi connectivity index (χ2n) is 4.50. The normalized spacial score (nSPS) is 12.1. The maximum absolute atomic E-state index is 13.4. The van der Waals surface area contributed by atoms with Crippen molar-refractivity contribution in [3.05, 3.63) is 24.0 Å². The predicted molar refractivity (Wildman–Crippen MR) is 76.5 cm³/mol. The molecule has 0 aliphatic heterocycles. The zero-order valence-electron chi connectivity index (χ0n) is 10.6. The summed E-state index contributed by atoms with van der Waals surface area (Å²) in [4.78, 5) is 11.7. The molecule has 1 aromatic rings. The van der Waals surface area contributed by atoms with Gasteiger partial charge in [-0.3, -0.25) is 9.52 Å². The quantitative estimate of drug-likeness (QED) is 0.816. The molecule has 0 saturated carbocycles. The number of hydrogen-bond acceptors (Lipinski definition) is 3. The van der Waals surface area contributed by atoms with E-state index >= 15 is 0 Å². The first-order valence-electron chi connectivity index (χ1n) is 5.27. The van der Waals surface area contributed by atoms with Gasteiger partial charge in [0.1, 0.15) is 5.82 Å². The smallest absolute Gasteiger partial charge is 0.240 e. The molecule has 0 aromatic heterocycles. The minimum absolute atomic E-state index is 0.215. The average Bonchev–Trinajstić information content (AvgIpc) is 2.19. The number of sulfonamides is 1. The van der Waals surface area contributed by atoms with Crippen LogP contribution in [0, 0.1) is 5.82 Å². The summed E-state index contributed by atoms with van der Waals surface area (Å²) in [6, 6.07) is 3.64. The maximum Gasteiger partial charge on any atom is 0.240 e. The third kappa shape index (κ3) is 5.15. The van der Waals surface area contributed by atoms with Gasteiger partial charge in [0.15, 0.2) is 0 Å². The van der Waals surface area contributed by atoms with E-state index in [0.717, 1.165) is 12.3 Å². The lowest BCUT2D eigenvalue weighted by Crippen LogP contribution is -2.31. The third-order valence-corrected chi connectivity index (χ3v) is 3.01. The fourth-order valence-corrected chi connectivity index (χ4v) is 1.82. The monoisotopic (exact) mass is 352 g/mol. The Balaban J connectivity index is 3.00. The second-order valence-corrected chi connectivity index (χ2v) is 8.23. The molecular formula is C11H14BrFN2O3S. The van der Waals surface area contributed by atoms with Gasteiger partial charge in [-0.25, -0.2) is 12.8 Å². The number of halogens is 2. The van der Waals surface area contributed by atoms with Crippen LogP contribution in [0.2, 0.25) is 0 Å². The molecule has 19 heavy (non-hydrogen) atoms. The summed E-state index contributed by atoms with van der Waals surface area (Å²) < 4.78 is 36.8. The number of alkyl halides is 1. The van der Waals surface area contributed by atoms with Crippen molar-refractivity contribution in [1.29, 1.82) is 0 Å². The van der Waals surface area contributed by atoms with Gasteiger partial charge >= 0.3 is 0 Å². The first-order valence-corrected chi connectivity index (χ1v) is 7.95. The van der Waals surface area contributed by atoms with Gasteiger partial charge in [0.05, 0.1) is 16.3 Å². The maximum atomic E-state index is 13.4. The molecule has 0 radical (unpaired) electrons. The second kappa shape index (κ2) is 5.46. The van der Waals surface area contributed by atoms with Crippen molar-refractivity contribution < 1.29 is 17.6 Å². The van der Waals surface area contributed by atoms with Gasteiger partial charge in [-0.2, -0.15) is 0 Å². The van der Waals surface area contributed by atoms with Crippen LogP contribution in [0.1, 0.15) is 13.8 Å². The van der Waals surface area contributed by atoms with Crippen LogP contribution in [0.4, 0.5) is 15.8 Å². The highest BCUT2D eigenvalue weighted by molar-refractivity contribution is 9.10. The van der Waals surface area contributed by atoms with Gasteiger partial charge in [0, 0.05) is 5.69 Å². The lowest BCUT2D eigenvalue weighted by Gasteiger charge is -2.16. The molecule has 0 aliphatic carbocycles. The molecule has 1 amide bonds. The molecule has 0 atom stereocenters. The van der Waals surface area contributed by atoms with Crippen LogP contribution in [-0.4, -0.2) is 24.9 Å². The van der Waals surface area contributed by atoms with Crippen LogP contribution in [0.3, 0.4) is 0 Å². The van der Waals surface area contributed by atoms with E-state index in [9.17, 15) is 17.6 Å². The molecule has 0 fully saturated rings. The SMILES string of the molecule is CC(C)(Br)C(=O)Nc1ccc(F)c(NS(C)(=O)=O)c1. The van der Waals surface area contributed by atoms with E-state index in [1.165, 1.54) is 12.1 Å². The number of carbonyl (C=O) groups excluding carboxylic acids is 1.